The number of rotatable bonds is 6. The molecule has 0 bridgehead atoms. The number of methoxy groups -OCH3 is 1. The fraction of sp³-hybridized carbons (Fsp3) is 0.571. The molecular formula is C14H21ClFNO. The van der Waals surface area contributed by atoms with Crippen LogP contribution in [0.4, 0.5) is 4.39 Å². The van der Waals surface area contributed by atoms with Crippen LogP contribution >= 0.6 is 11.6 Å². The topological polar surface area (TPSA) is 21.3 Å². The van der Waals surface area contributed by atoms with Gasteiger partial charge in [0.1, 0.15) is 5.82 Å². The first-order chi connectivity index (χ1) is 8.41. The summed E-state index contributed by atoms with van der Waals surface area (Å²) in [6.07, 6.45) is 1.62. The Balaban J connectivity index is 2.81. The molecule has 1 N–H and O–H groups in total. The SMILES string of the molecule is CNC(CCC(C)(C)OC)c1cccc(Cl)c1F. The number of hydrogen-bond acceptors (Lipinski definition) is 2. The molecule has 0 aromatic heterocycles. The van der Waals surface area contributed by atoms with Crippen molar-refractivity contribution in [3.05, 3.63) is 34.6 Å². The van der Waals surface area contributed by atoms with E-state index in [1.54, 1.807) is 25.3 Å². The Morgan fingerprint density at radius 3 is 2.67 bits per heavy atom. The van der Waals surface area contributed by atoms with E-state index in [2.05, 4.69) is 5.32 Å². The van der Waals surface area contributed by atoms with Crippen LogP contribution in [0.2, 0.25) is 5.02 Å². The van der Waals surface area contributed by atoms with Crippen LogP contribution in [0, 0.1) is 5.82 Å². The van der Waals surface area contributed by atoms with Gasteiger partial charge in [-0.05, 0) is 39.8 Å². The third-order valence-corrected chi connectivity index (χ3v) is 3.58. The van der Waals surface area contributed by atoms with Gasteiger partial charge in [0.15, 0.2) is 0 Å². The fourth-order valence-electron chi connectivity index (χ4n) is 1.84. The Labute approximate surface area is 113 Å². The van der Waals surface area contributed by atoms with Gasteiger partial charge in [-0.3, -0.25) is 0 Å². The van der Waals surface area contributed by atoms with Crippen molar-refractivity contribution in [1.29, 1.82) is 0 Å². The second kappa shape index (κ2) is 6.50. The van der Waals surface area contributed by atoms with Crippen LogP contribution in [0.5, 0.6) is 0 Å². The Bertz CT molecular complexity index is 395. The van der Waals surface area contributed by atoms with Gasteiger partial charge in [0.2, 0.25) is 0 Å². The molecule has 1 rings (SSSR count). The molecule has 0 aliphatic carbocycles. The van der Waals surface area contributed by atoms with E-state index in [0.717, 1.165) is 12.8 Å². The van der Waals surface area contributed by atoms with E-state index in [4.69, 9.17) is 16.3 Å². The van der Waals surface area contributed by atoms with Crippen LogP contribution in [0.3, 0.4) is 0 Å². The van der Waals surface area contributed by atoms with E-state index < -0.39 is 0 Å². The van der Waals surface area contributed by atoms with Gasteiger partial charge in [0.05, 0.1) is 10.6 Å². The predicted octanol–water partition coefficient (Wildman–Crippen LogP) is 3.94. The number of hydrogen-bond donors (Lipinski definition) is 1. The number of nitrogens with one attached hydrogen (secondary N) is 1. The highest BCUT2D eigenvalue weighted by Gasteiger charge is 2.21. The van der Waals surface area contributed by atoms with Crippen LogP contribution in [0.25, 0.3) is 0 Å². The summed E-state index contributed by atoms with van der Waals surface area (Å²) in [5.74, 6) is -0.339. The minimum absolute atomic E-state index is 0.0573. The summed E-state index contributed by atoms with van der Waals surface area (Å²) in [6.45, 7) is 4.04. The lowest BCUT2D eigenvalue weighted by atomic mass is 9.94. The van der Waals surface area contributed by atoms with Crippen LogP contribution < -0.4 is 5.32 Å². The van der Waals surface area contributed by atoms with Gasteiger partial charge in [-0.1, -0.05) is 23.7 Å². The third-order valence-electron chi connectivity index (χ3n) is 3.29. The summed E-state index contributed by atoms with van der Waals surface area (Å²) >= 11 is 5.80. The van der Waals surface area contributed by atoms with Crippen molar-refractivity contribution in [3.63, 3.8) is 0 Å². The highest BCUT2D eigenvalue weighted by atomic mass is 35.5. The Morgan fingerprint density at radius 1 is 1.44 bits per heavy atom. The van der Waals surface area contributed by atoms with E-state index in [-0.39, 0.29) is 22.5 Å². The van der Waals surface area contributed by atoms with Gasteiger partial charge in [-0.25, -0.2) is 4.39 Å². The average Bonchev–Trinajstić information content (AvgIpc) is 2.35. The third kappa shape index (κ3) is 3.94. The summed E-state index contributed by atoms with van der Waals surface area (Å²) in [6, 6.07) is 5.04. The van der Waals surface area contributed by atoms with E-state index in [1.165, 1.54) is 0 Å². The molecule has 0 saturated heterocycles. The van der Waals surface area contributed by atoms with Crippen molar-refractivity contribution in [3.8, 4) is 0 Å². The molecule has 0 aliphatic heterocycles. The fourth-order valence-corrected chi connectivity index (χ4v) is 2.02. The molecule has 0 spiro atoms. The van der Waals surface area contributed by atoms with Gasteiger partial charge >= 0.3 is 0 Å². The summed E-state index contributed by atoms with van der Waals surface area (Å²) in [5, 5.41) is 3.29. The van der Waals surface area contributed by atoms with E-state index in [0.29, 0.717) is 5.56 Å². The molecule has 0 saturated carbocycles. The van der Waals surface area contributed by atoms with Crippen molar-refractivity contribution in [2.24, 2.45) is 0 Å². The minimum atomic E-state index is -0.339. The second-order valence-corrected chi connectivity index (χ2v) is 5.39. The molecule has 0 heterocycles. The van der Waals surface area contributed by atoms with E-state index in [9.17, 15) is 4.39 Å². The minimum Gasteiger partial charge on any atom is -0.379 e. The first-order valence-corrected chi connectivity index (χ1v) is 6.45. The molecule has 4 heteroatoms. The summed E-state index contributed by atoms with van der Waals surface area (Å²) in [4.78, 5) is 0. The highest BCUT2D eigenvalue weighted by molar-refractivity contribution is 6.30. The highest BCUT2D eigenvalue weighted by Crippen LogP contribution is 2.28. The van der Waals surface area contributed by atoms with Gasteiger partial charge in [0.25, 0.3) is 0 Å². The second-order valence-electron chi connectivity index (χ2n) is 4.99. The molecule has 1 aromatic rings. The predicted molar refractivity (Wildman–Crippen MR) is 73.5 cm³/mol. The van der Waals surface area contributed by atoms with Gasteiger partial charge in [0, 0.05) is 18.7 Å². The normalized spacial score (nSPS) is 13.7. The van der Waals surface area contributed by atoms with Crippen molar-refractivity contribution in [2.45, 2.75) is 38.3 Å². The Hall–Kier alpha value is -0.640. The average molecular weight is 274 g/mol. The van der Waals surface area contributed by atoms with Crippen molar-refractivity contribution in [2.75, 3.05) is 14.2 Å². The monoisotopic (exact) mass is 273 g/mol. The van der Waals surface area contributed by atoms with E-state index >= 15 is 0 Å². The van der Waals surface area contributed by atoms with Crippen LogP contribution in [0.15, 0.2) is 18.2 Å². The zero-order valence-corrected chi connectivity index (χ0v) is 12.1. The lowest BCUT2D eigenvalue weighted by Crippen LogP contribution is -2.26. The van der Waals surface area contributed by atoms with E-state index in [1.807, 2.05) is 20.9 Å². The van der Waals surface area contributed by atoms with Crippen LogP contribution in [-0.2, 0) is 4.74 Å². The maximum atomic E-state index is 13.9. The molecule has 0 amide bonds. The quantitative estimate of drug-likeness (QED) is 0.847. The Kier molecular flexibility index (Phi) is 5.57. The van der Waals surface area contributed by atoms with Crippen molar-refractivity contribution in [1.82, 2.24) is 5.32 Å². The van der Waals surface area contributed by atoms with Crippen molar-refractivity contribution >= 4 is 11.6 Å². The molecule has 0 aliphatic rings. The molecule has 1 unspecified atom stereocenters. The first kappa shape index (κ1) is 15.4. The number of ether oxygens (including phenoxy) is 1. The Morgan fingerprint density at radius 2 is 2.11 bits per heavy atom. The zero-order valence-electron chi connectivity index (χ0n) is 11.4. The molecule has 1 aromatic carbocycles. The summed E-state index contributed by atoms with van der Waals surface area (Å²) < 4.78 is 19.3. The number of benzene rings is 1. The van der Waals surface area contributed by atoms with Gasteiger partial charge < -0.3 is 10.1 Å². The number of halogens is 2. The molecule has 0 fully saturated rings. The summed E-state index contributed by atoms with van der Waals surface area (Å²) in [5.41, 5.74) is 0.404. The van der Waals surface area contributed by atoms with Crippen molar-refractivity contribution < 1.29 is 9.13 Å². The molecule has 0 radical (unpaired) electrons. The van der Waals surface area contributed by atoms with Crippen LogP contribution in [-0.4, -0.2) is 19.8 Å². The smallest absolute Gasteiger partial charge is 0.146 e. The maximum Gasteiger partial charge on any atom is 0.146 e. The molecule has 2 nitrogen and oxygen atoms in total. The first-order valence-electron chi connectivity index (χ1n) is 6.07. The van der Waals surface area contributed by atoms with Crippen LogP contribution in [0.1, 0.15) is 38.3 Å². The van der Waals surface area contributed by atoms with Gasteiger partial charge in [-0.15, -0.1) is 0 Å². The lowest BCUT2D eigenvalue weighted by Gasteiger charge is -2.26. The molecule has 102 valence electrons. The van der Waals surface area contributed by atoms with Gasteiger partial charge in [-0.2, -0.15) is 0 Å². The molecule has 18 heavy (non-hydrogen) atoms. The summed E-state index contributed by atoms with van der Waals surface area (Å²) in [7, 11) is 3.51. The standard InChI is InChI=1S/C14H21ClFNO/c1-14(2,18-4)9-8-12(17-3)10-6-5-7-11(15)13(10)16/h5-7,12,17H,8-9H2,1-4H3. The molecular weight excluding hydrogens is 253 g/mol. The zero-order chi connectivity index (χ0) is 13.8. The largest absolute Gasteiger partial charge is 0.379 e. The lowest BCUT2D eigenvalue weighted by molar-refractivity contribution is 0.0117. The molecule has 1 atom stereocenters. The maximum absolute atomic E-state index is 13.9.